The maximum atomic E-state index is 13.1. The van der Waals surface area contributed by atoms with Gasteiger partial charge in [0.05, 0.1) is 10.6 Å². The number of pyridine rings is 1. The molecule has 3 aromatic rings. The number of hydrogen-bond acceptors (Lipinski definition) is 6. The summed E-state index contributed by atoms with van der Waals surface area (Å²) in [6, 6.07) is 9.89. The number of nitrogens with zero attached hydrogens (tertiary/aromatic N) is 3. The normalized spacial score (nSPS) is 15.8. The van der Waals surface area contributed by atoms with Crippen LogP contribution in [-0.4, -0.2) is 73.8 Å². The van der Waals surface area contributed by atoms with Crippen molar-refractivity contribution < 1.29 is 21.6 Å². The first-order chi connectivity index (χ1) is 15.2. The van der Waals surface area contributed by atoms with Gasteiger partial charge in [-0.3, -0.25) is 4.79 Å². The summed E-state index contributed by atoms with van der Waals surface area (Å²) in [4.78, 5) is 21.4. The smallest absolute Gasteiger partial charge is 0.245 e. The molecule has 1 aromatic carbocycles. The van der Waals surface area contributed by atoms with Gasteiger partial charge in [0, 0.05) is 50.4 Å². The van der Waals surface area contributed by atoms with E-state index < -0.39 is 19.9 Å². The number of amides is 1. The molecule has 1 N–H and O–H groups in total. The second-order valence-electron chi connectivity index (χ2n) is 7.72. The first-order valence-corrected chi connectivity index (χ1v) is 13.3. The van der Waals surface area contributed by atoms with E-state index in [-0.39, 0.29) is 54.1 Å². The van der Waals surface area contributed by atoms with Crippen molar-refractivity contribution in [2.75, 3.05) is 31.9 Å². The summed E-state index contributed by atoms with van der Waals surface area (Å²) in [7, 11) is -7.30. The van der Waals surface area contributed by atoms with Crippen LogP contribution in [0, 0.1) is 6.92 Å². The average molecular weight is 477 g/mol. The van der Waals surface area contributed by atoms with E-state index in [0.717, 1.165) is 5.56 Å². The Morgan fingerprint density at radius 3 is 2.41 bits per heavy atom. The van der Waals surface area contributed by atoms with Gasteiger partial charge in [0.2, 0.25) is 15.9 Å². The lowest BCUT2D eigenvalue weighted by atomic mass is 10.2. The average Bonchev–Trinajstić information content (AvgIpc) is 3.23. The van der Waals surface area contributed by atoms with E-state index in [2.05, 4.69) is 9.97 Å². The molecule has 11 heteroatoms. The predicted octanol–water partition coefficient (Wildman–Crippen LogP) is 1.57. The van der Waals surface area contributed by atoms with Crippen molar-refractivity contribution in [2.24, 2.45) is 0 Å². The Morgan fingerprint density at radius 2 is 1.72 bits per heavy atom. The van der Waals surface area contributed by atoms with Crippen LogP contribution in [0.3, 0.4) is 0 Å². The maximum absolute atomic E-state index is 13.1. The molecular weight excluding hydrogens is 452 g/mol. The van der Waals surface area contributed by atoms with Crippen molar-refractivity contribution in [1.29, 1.82) is 0 Å². The number of rotatable bonds is 6. The van der Waals surface area contributed by atoms with Crippen LogP contribution in [0.15, 0.2) is 58.6 Å². The molecule has 1 amide bonds. The fourth-order valence-electron chi connectivity index (χ4n) is 3.70. The molecule has 0 aliphatic carbocycles. The summed E-state index contributed by atoms with van der Waals surface area (Å²) in [5.41, 5.74) is 1.45. The molecule has 0 radical (unpaired) electrons. The van der Waals surface area contributed by atoms with Gasteiger partial charge in [-0.25, -0.2) is 21.8 Å². The van der Waals surface area contributed by atoms with E-state index in [4.69, 9.17) is 0 Å². The second kappa shape index (κ2) is 8.64. The summed E-state index contributed by atoms with van der Waals surface area (Å²) in [6.07, 6.45) is 2.87. The number of carbonyl (C=O) groups is 1. The highest BCUT2D eigenvalue weighted by molar-refractivity contribution is 7.91. The van der Waals surface area contributed by atoms with Crippen molar-refractivity contribution in [1.82, 2.24) is 19.2 Å². The van der Waals surface area contributed by atoms with Crippen molar-refractivity contribution in [3.05, 3.63) is 54.4 Å². The largest absolute Gasteiger partial charge is 0.345 e. The van der Waals surface area contributed by atoms with Crippen LogP contribution in [0.4, 0.5) is 0 Å². The topological polar surface area (TPSA) is 121 Å². The number of carbonyl (C=O) groups excluding carboxylic acids is 1. The molecule has 3 heterocycles. The zero-order valence-corrected chi connectivity index (χ0v) is 19.2. The van der Waals surface area contributed by atoms with Gasteiger partial charge >= 0.3 is 0 Å². The third kappa shape index (κ3) is 4.41. The molecule has 4 rings (SSSR count). The first-order valence-electron chi connectivity index (χ1n) is 10.2. The van der Waals surface area contributed by atoms with E-state index in [1.165, 1.54) is 15.4 Å². The number of aryl methyl sites for hydroxylation is 1. The first kappa shape index (κ1) is 22.4. The van der Waals surface area contributed by atoms with Crippen LogP contribution in [0.5, 0.6) is 0 Å². The second-order valence-corrected chi connectivity index (χ2v) is 11.7. The van der Waals surface area contributed by atoms with Gasteiger partial charge in [-0.2, -0.15) is 4.31 Å². The molecule has 0 atom stereocenters. The number of H-pyrrole nitrogens is 1. The number of piperazine rings is 1. The van der Waals surface area contributed by atoms with Gasteiger partial charge in [-0.15, -0.1) is 0 Å². The summed E-state index contributed by atoms with van der Waals surface area (Å²) in [6.45, 7) is 2.58. The Bertz CT molecular complexity index is 1340. The number of aromatic nitrogens is 2. The molecule has 1 fully saturated rings. The van der Waals surface area contributed by atoms with Crippen molar-refractivity contribution in [2.45, 2.75) is 23.1 Å². The van der Waals surface area contributed by atoms with E-state index >= 15 is 0 Å². The lowest BCUT2D eigenvalue weighted by molar-refractivity contribution is -0.131. The Kier molecular flexibility index (Phi) is 6.06. The maximum Gasteiger partial charge on any atom is 0.245 e. The van der Waals surface area contributed by atoms with E-state index in [1.54, 1.807) is 42.6 Å². The van der Waals surface area contributed by atoms with Crippen LogP contribution in [0.25, 0.3) is 11.0 Å². The summed E-state index contributed by atoms with van der Waals surface area (Å²) >= 11 is 0. The van der Waals surface area contributed by atoms with Crippen molar-refractivity contribution in [3.63, 3.8) is 0 Å². The molecule has 32 heavy (non-hydrogen) atoms. The predicted molar refractivity (Wildman–Crippen MR) is 119 cm³/mol. The van der Waals surface area contributed by atoms with E-state index in [1.807, 2.05) is 6.92 Å². The zero-order chi connectivity index (χ0) is 22.9. The Hall–Kier alpha value is -2.76. The third-order valence-electron chi connectivity index (χ3n) is 5.59. The number of hydrogen-bond donors (Lipinski definition) is 1. The van der Waals surface area contributed by atoms with Gasteiger partial charge < -0.3 is 9.88 Å². The summed E-state index contributed by atoms with van der Waals surface area (Å²) in [5.74, 6) is -0.579. The monoisotopic (exact) mass is 476 g/mol. The molecule has 170 valence electrons. The Morgan fingerprint density at radius 1 is 1.03 bits per heavy atom. The molecular formula is C21H24N4O5S2. The van der Waals surface area contributed by atoms with Gasteiger partial charge in [0.25, 0.3) is 0 Å². The van der Waals surface area contributed by atoms with Gasteiger partial charge in [0.15, 0.2) is 9.84 Å². The molecule has 0 bridgehead atoms. The molecule has 1 saturated heterocycles. The highest BCUT2D eigenvalue weighted by atomic mass is 32.2. The highest BCUT2D eigenvalue weighted by Crippen LogP contribution is 2.25. The fourth-order valence-corrected chi connectivity index (χ4v) is 6.51. The van der Waals surface area contributed by atoms with Gasteiger partial charge in [-0.1, -0.05) is 17.7 Å². The zero-order valence-electron chi connectivity index (χ0n) is 17.6. The lowest BCUT2D eigenvalue weighted by Gasteiger charge is -2.34. The number of sulfone groups is 1. The van der Waals surface area contributed by atoms with Gasteiger partial charge in [0.1, 0.15) is 10.5 Å². The quantitative estimate of drug-likeness (QED) is 0.577. The Labute approximate surface area is 187 Å². The van der Waals surface area contributed by atoms with Crippen LogP contribution < -0.4 is 0 Å². The number of nitrogens with one attached hydrogen (secondary N) is 1. The molecule has 2 aromatic heterocycles. The molecule has 0 saturated carbocycles. The van der Waals surface area contributed by atoms with Crippen LogP contribution >= 0.6 is 0 Å². The van der Waals surface area contributed by atoms with Crippen molar-refractivity contribution >= 4 is 36.8 Å². The lowest BCUT2D eigenvalue weighted by Crippen LogP contribution is -2.50. The summed E-state index contributed by atoms with van der Waals surface area (Å²) in [5, 5.41) is 0.521. The Balaban J connectivity index is 1.37. The number of aromatic amines is 1. The third-order valence-corrected chi connectivity index (χ3v) is 9.26. The molecule has 0 spiro atoms. The number of benzene rings is 1. The minimum atomic E-state index is -3.74. The fraction of sp³-hybridized carbons (Fsp3) is 0.333. The van der Waals surface area contributed by atoms with Gasteiger partial charge in [-0.05, 0) is 31.2 Å². The van der Waals surface area contributed by atoms with Crippen LogP contribution in [-0.2, 0) is 24.7 Å². The van der Waals surface area contributed by atoms with Crippen LogP contribution in [0.1, 0.15) is 12.0 Å². The summed E-state index contributed by atoms with van der Waals surface area (Å²) < 4.78 is 52.5. The van der Waals surface area contributed by atoms with Crippen molar-refractivity contribution in [3.8, 4) is 0 Å². The molecule has 9 nitrogen and oxygen atoms in total. The number of sulfonamides is 1. The molecule has 0 unspecified atom stereocenters. The SMILES string of the molecule is Cc1ccc(S(=O)(=O)CCC(=O)N2CCN(S(=O)(=O)c3c[nH]c4ncccc34)CC2)cc1. The minimum Gasteiger partial charge on any atom is -0.345 e. The van der Waals surface area contributed by atoms with Crippen LogP contribution in [0.2, 0.25) is 0 Å². The molecule has 1 aliphatic heterocycles. The highest BCUT2D eigenvalue weighted by Gasteiger charge is 2.32. The number of fused-ring (bicyclic) bond motifs is 1. The molecule has 1 aliphatic rings. The minimum absolute atomic E-state index is 0.142. The standard InChI is InChI=1S/C21H24N4O5S2/c1-16-4-6-17(7-5-16)31(27,28)14-8-20(26)24-10-12-25(13-11-24)32(29,30)19-15-23-21-18(19)3-2-9-22-21/h2-7,9,15H,8,10-14H2,1H3,(H,22,23). The van der Waals surface area contributed by atoms with E-state index in [0.29, 0.717) is 11.0 Å². The van der Waals surface area contributed by atoms with E-state index in [9.17, 15) is 21.6 Å².